The molecule has 7 nitrogen and oxygen atoms in total. The SMILES string of the molecule is C[C@@]12CCCN1C(=O)N(C1CCN(c3ncccn3)CC1)C2=O. The van der Waals surface area contributed by atoms with Crippen molar-refractivity contribution in [1.29, 1.82) is 0 Å². The van der Waals surface area contributed by atoms with E-state index in [1.54, 1.807) is 23.4 Å². The summed E-state index contributed by atoms with van der Waals surface area (Å²) in [7, 11) is 0. The van der Waals surface area contributed by atoms with E-state index in [9.17, 15) is 9.59 Å². The molecular weight excluding hydrogens is 294 g/mol. The zero-order valence-electron chi connectivity index (χ0n) is 13.3. The summed E-state index contributed by atoms with van der Waals surface area (Å²) in [6, 6.07) is 1.70. The first-order valence-corrected chi connectivity index (χ1v) is 8.28. The first kappa shape index (κ1) is 14.4. The van der Waals surface area contributed by atoms with Crippen LogP contribution in [0.25, 0.3) is 0 Å². The molecule has 1 aromatic rings. The molecule has 0 spiro atoms. The quantitative estimate of drug-likeness (QED) is 0.769. The van der Waals surface area contributed by atoms with Gasteiger partial charge >= 0.3 is 6.03 Å². The number of aromatic nitrogens is 2. The van der Waals surface area contributed by atoms with Crippen molar-refractivity contribution >= 4 is 17.9 Å². The van der Waals surface area contributed by atoms with E-state index in [-0.39, 0.29) is 18.0 Å². The molecule has 0 bridgehead atoms. The molecule has 3 saturated heterocycles. The van der Waals surface area contributed by atoms with Crippen molar-refractivity contribution in [3.63, 3.8) is 0 Å². The minimum atomic E-state index is -0.600. The number of carbonyl (C=O) groups excluding carboxylic acids is 2. The van der Waals surface area contributed by atoms with Crippen molar-refractivity contribution in [3.05, 3.63) is 18.5 Å². The molecule has 3 amide bonds. The predicted octanol–water partition coefficient (Wildman–Crippen LogP) is 1.26. The largest absolute Gasteiger partial charge is 0.341 e. The van der Waals surface area contributed by atoms with Crippen molar-refractivity contribution in [2.45, 2.75) is 44.2 Å². The average Bonchev–Trinajstić information content (AvgIpc) is 3.06. The van der Waals surface area contributed by atoms with Gasteiger partial charge in [-0.05, 0) is 38.7 Å². The van der Waals surface area contributed by atoms with Crippen molar-refractivity contribution in [2.24, 2.45) is 0 Å². The molecular formula is C16H21N5O2. The number of imide groups is 1. The predicted molar refractivity (Wildman–Crippen MR) is 83.9 cm³/mol. The van der Waals surface area contributed by atoms with E-state index in [1.807, 2.05) is 6.92 Å². The summed E-state index contributed by atoms with van der Waals surface area (Å²) in [5.41, 5.74) is -0.600. The number of carbonyl (C=O) groups is 2. The molecule has 0 aromatic carbocycles. The maximum Gasteiger partial charge on any atom is 0.327 e. The number of fused-ring (bicyclic) bond motifs is 1. The molecule has 0 unspecified atom stereocenters. The Bertz CT molecular complexity index is 629. The number of rotatable bonds is 2. The van der Waals surface area contributed by atoms with Gasteiger partial charge < -0.3 is 9.80 Å². The summed E-state index contributed by atoms with van der Waals surface area (Å²) >= 11 is 0. The van der Waals surface area contributed by atoms with Crippen LogP contribution in [0.4, 0.5) is 10.7 Å². The summed E-state index contributed by atoms with van der Waals surface area (Å²) in [6.45, 7) is 4.15. The summed E-state index contributed by atoms with van der Waals surface area (Å²) in [5.74, 6) is 0.715. The van der Waals surface area contributed by atoms with Crippen LogP contribution in [-0.2, 0) is 4.79 Å². The fourth-order valence-corrected chi connectivity index (χ4v) is 4.07. The van der Waals surface area contributed by atoms with E-state index in [0.717, 1.165) is 44.7 Å². The summed E-state index contributed by atoms with van der Waals surface area (Å²) in [5, 5.41) is 0. The van der Waals surface area contributed by atoms with Crippen molar-refractivity contribution < 1.29 is 9.59 Å². The molecule has 1 atom stereocenters. The summed E-state index contributed by atoms with van der Waals surface area (Å²) in [4.78, 5) is 39.4. The Kier molecular flexibility index (Phi) is 3.25. The molecule has 7 heteroatoms. The molecule has 122 valence electrons. The van der Waals surface area contributed by atoms with Crippen LogP contribution in [0, 0.1) is 0 Å². The highest BCUT2D eigenvalue weighted by molar-refractivity contribution is 6.07. The van der Waals surface area contributed by atoms with E-state index in [1.165, 1.54) is 4.90 Å². The van der Waals surface area contributed by atoms with Gasteiger partial charge in [0.15, 0.2) is 0 Å². The van der Waals surface area contributed by atoms with Gasteiger partial charge in [-0.1, -0.05) is 0 Å². The number of amides is 3. The van der Waals surface area contributed by atoms with Crippen LogP contribution in [0.2, 0.25) is 0 Å². The molecule has 4 heterocycles. The molecule has 3 aliphatic rings. The Balaban J connectivity index is 1.47. The lowest BCUT2D eigenvalue weighted by Crippen LogP contribution is -2.49. The Morgan fingerprint density at radius 1 is 1.13 bits per heavy atom. The summed E-state index contributed by atoms with van der Waals surface area (Å²) < 4.78 is 0. The van der Waals surface area contributed by atoms with Crippen molar-refractivity contribution in [2.75, 3.05) is 24.5 Å². The highest BCUT2D eigenvalue weighted by atomic mass is 16.2. The van der Waals surface area contributed by atoms with Crippen LogP contribution in [0.3, 0.4) is 0 Å². The molecule has 0 aliphatic carbocycles. The number of nitrogens with zero attached hydrogens (tertiary/aromatic N) is 5. The smallest absolute Gasteiger partial charge is 0.327 e. The molecule has 0 N–H and O–H groups in total. The fraction of sp³-hybridized carbons (Fsp3) is 0.625. The van der Waals surface area contributed by atoms with Crippen molar-refractivity contribution in [1.82, 2.24) is 19.8 Å². The molecule has 3 fully saturated rings. The van der Waals surface area contributed by atoms with Gasteiger partial charge in [-0.15, -0.1) is 0 Å². The van der Waals surface area contributed by atoms with Crippen molar-refractivity contribution in [3.8, 4) is 0 Å². The highest BCUT2D eigenvalue weighted by Crippen LogP contribution is 2.39. The molecule has 23 heavy (non-hydrogen) atoms. The third-order valence-electron chi connectivity index (χ3n) is 5.42. The first-order chi connectivity index (χ1) is 11.1. The highest BCUT2D eigenvalue weighted by Gasteiger charge is 2.58. The van der Waals surface area contributed by atoms with Gasteiger partial charge in [0.25, 0.3) is 5.91 Å². The Labute approximate surface area is 135 Å². The lowest BCUT2D eigenvalue weighted by Gasteiger charge is -2.35. The Hall–Kier alpha value is -2.18. The van der Waals surface area contributed by atoms with Gasteiger partial charge in [0.1, 0.15) is 5.54 Å². The van der Waals surface area contributed by atoms with Crippen LogP contribution in [0.5, 0.6) is 0 Å². The van der Waals surface area contributed by atoms with Gasteiger partial charge in [0, 0.05) is 38.1 Å². The minimum absolute atomic E-state index is 0.00242. The number of hydrogen-bond donors (Lipinski definition) is 0. The zero-order valence-corrected chi connectivity index (χ0v) is 13.3. The number of piperidine rings is 1. The summed E-state index contributed by atoms with van der Waals surface area (Å²) in [6.07, 6.45) is 6.73. The van der Waals surface area contributed by atoms with Crippen LogP contribution < -0.4 is 4.90 Å². The molecule has 4 rings (SSSR count). The van der Waals surface area contributed by atoms with Crippen LogP contribution in [0.15, 0.2) is 18.5 Å². The van der Waals surface area contributed by atoms with Gasteiger partial charge in [0.05, 0.1) is 0 Å². The van der Waals surface area contributed by atoms with Gasteiger partial charge in [-0.3, -0.25) is 9.69 Å². The number of anilines is 1. The molecule has 3 aliphatic heterocycles. The average molecular weight is 315 g/mol. The van der Waals surface area contributed by atoms with E-state index >= 15 is 0 Å². The maximum atomic E-state index is 12.8. The van der Waals surface area contributed by atoms with Crippen LogP contribution in [-0.4, -0.2) is 62.9 Å². The van der Waals surface area contributed by atoms with E-state index in [0.29, 0.717) is 6.54 Å². The van der Waals surface area contributed by atoms with E-state index in [2.05, 4.69) is 14.9 Å². The molecule has 0 radical (unpaired) electrons. The second kappa shape index (κ2) is 5.18. The first-order valence-electron chi connectivity index (χ1n) is 8.28. The second-order valence-electron chi connectivity index (χ2n) is 6.75. The van der Waals surface area contributed by atoms with E-state index in [4.69, 9.17) is 0 Å². The molecule has 0 saturated carbocycles. The number of hydrogen-bond acceptors (Lipinski definition) is 5. The monoisotopic (exact) mass is 315 g/mol. The Morgan fingerprint density at radius 2 is 1.83 bits per heavy atom. The topological polar surface area (TPSA) is 69.6 Å². The number of urea groups is 1. The third kappa shape index (κ3) is 2.09. The van der Waals surface area contributed by atoms with E-state index < -0.39 is 5.54 Å². The van der Waals surface area contributed by atoms with Gasteiger partial charge in [0.2, 0.25) is 5.95 Å². The standard InChI is InChI=1S/C16H21N5O2/c1-16-6-2-9-20(16)15(23)21(13(16)22)12-4-10-19(11-5-12)14-17-7-3-8-18-14/h3,7-8,12H,2,4-6,9-11H2,1H3/t16-/m0/s1. The van der Waals surface area contributed by atoms with Crippen LogP contribution >= 0.6 is 0 Å². The van der Waals surface area contributed by atoms with Crippen LogP contribution in [0.1, 0.15) is 32.6 Å². The lowest BCUT2D eigenvalue weighted by atomic mass is 9.97. The molecule has 1 aromatic heterocycles. The fourth-order valence-electron chi connectivity index (χ4n) is 4.07. The minimum Gasteiger partial charge on any atom is -0.341 e. The second-order valence-corrected chi connectivity index (χ2v) is 6.75. The third-order valence-corrected chi connectivity index (χ3v) is 5.42. The van der Waals surface area contributed by atoms with Gasteiger partial charge in [-0.2, -0.15) is 0 Å². The normalized spacial score (nSPS) is 28.7. The van der Waals surface area contributed by atoms with Gasteiger partial charge in [-0.25, -0.2) is 14.8 Å². The zero-order chi connectivity index (χ0) is 16.0. The Morgan fingerprint density at radius 3 is 2.48 bits per heavy atom. The lowest BCUT2D eigenvalue weighted by molar-refractivity contribution is -0.133. The maximum absolute atomic E-state index is 12.8.